The minimum Gasteiger partial charge on any atom is -0.382 e. The third-order valence-electron chi connectivity index (χ3n) is 7.03. The van der Waals surface area contributed by atoms with Crippen LogP contribution in [0.1, 0.15) is 72.6 Å². The molecule has 0 radical (unpaired) electrons. The van der Waals surface area contributed by atoms with E-state index in [4.69, 9.17) is 4.74 Å². The Morgan fingerprint density at radius 3 is 2.63 bits per heavy atom. The number of methoxy groups -OCH3 is 1. The Hall–Kier alpha value is -4.03. The minimum atomic E-state index is -4.59. The molecule has 0 aliphatic carbocycles. The second-order valence-electron chi connectivity index (χ2n) is 10.6. The van der Waals surface area contributed by atoms with E-state index in [2.05, 4.69) is 35.7 Å². The fourth-order valence-electron chi connectivity index (χ4n) is 4.38. The molecule has 3 amide bonds. The Labute approximate surface area is 238 Å². The van der Waals surface area contributed by atoms with E-state index in [1.807, 2.05) is 0 Å². The Morgan fingerprint density at radius 2 is 1.98 bits per heavy atom. The molecule has 1 saturated heterocycles. The number of amides is 3. The van der Waals surface area contributed by atoms with Crippen molar-refractivity contribution >= 4 is 17.6 Å². The molecule has 2 N–H and O–H groups in total. The summed E-state index contributed by atoms with van der Waals surface area (Å²) >= 11 is 0. The summed E-state index contributed by atoms with van der Waals surface area (Å²) in [5, 5.41) is 14.9. The van der Waals surface area contributed by atoms with E-state index in [1.54, 1.807) is 0 Å². The molecule has 4 heterocycles. The van der Waals surface area contributed by atoms with Crippen LogP contribution < -0.4 is 10.6 Å². The molecule has 1 aliphatic rings. The van der Waals surface area contributed by atoms with Crippen LogP contribution in [0.5, 0.6) is 0 Å². The number of hydrogen-bond acceptors (Lipinski definition) is 8. The standard InChI is InChI=1S/C24H27F7N8O4/c1-22(2,24(29,30)31)5-4-13(35-20(40)18-17(19(25)26)36-43-37-18)14-8-39-16(34-14)6-12(7-33-39)15(9-42-3)38-11-23(27,28)10-32-21(38)41/h6-8,13,15,19H,4-5,9-11H2,1-3H3,(H,32,41)(H,35,40)/t13-,15+/m0/s1. The maximum absolute atomic E-state index is 14.1. The van der Waals surface area contributed by atoms with Gasteiger partial charge in [0.25, 0.3) is 18.3 Å². The van der Waals surface area contributed by atoms with Crippen LogP contribution in [0.15, 0.2) is 23.1 Å². The van der Waals surface area contributed by atoms with E-state index < -0.39 is 78.9 Å². The SMILES string of the molecule is COC[C@H](c1cnn2cc([C@H](CCC(C)(C)C(F)(F)F)NC(=O)c3nonc3C(F)F)nc2c1)N1CC(F)(F)CNC1=O. The number of aromatic nitrogens is 5. The molecule has 43 heavy (non-hydrogen) atoms. The quantitative estimate of drug-likeness (QED) is 0.302. The monoisotopic (exact) mass is 624 g/mol. The van der Waals surface area contributed by atoms with Crippen LogP contribution in [0.2, 0.25) is 0 Å². The van der Waals surface area contributed by atoms with Gasteiger partial charge in [-0.25, -0.2) is 36.5 Å². The molecule has 0 bridgehead atoms. The molecule has 0 aromatic carbocycles. The van der Waals surface area contributed by atoms with Crippen molar-refractivity contribution in [2.24, 2.45) is 5.41 Å². The number of halogens is 7. The predicted octanol–water partition coefficient (Wildman–Crippen LogP) is 4.24. The van der Waals surface area contributed by atoms with Gasteiger partial charge in [-0.2, -0.15) is 18.3 Å². The van der Waals surface area contributed by atoms with Crippen molar-refractivity contribution in [1.29, 1.82) is 0 Å². The van der Waals surface area contributed by atoms with Gasteiger partial charge in [0.05, 0.1) is 55.3 Å². The molecule has 3 aromatic rings. The highest BCUT2D eigenvalue weighted by Gasteiger charge is 2.47. The molecule has 0 unspecified atom stereocenters. The predicted molar refractivity (Wildman–Crippen MR) is 131 cm³/mol. The van der Waals surface area contributed by atoms with E-state index in [9.17, 15) is 40.3 Å². The van der Waals surface area contributed by atoms with Crippen LogP contribution >= 0.6 is 0 Å². The molecular formula is C24H27F7N8O4. The largest absolute Gasteiger partial charge is 0.393 e. The maximum Gasteiger partial charge on any atom is 0.393 e. The van der Waals surface area contributed by atoms with Gasteiger partial charge in [0.1, 0.15) is 0 Å². The van der Waals surface area contributed by atoms with Crippen LogP contribution in [-0.4, -0.2) is 80.7 Å². The summed E-state index contributed by atoms with van der Waals surface area (Å²) in [4.78, 5) is 30.5. The smallest absolute Gasteiger partial charge is 0.382 e. The summed E-state index contributed by atoms with van der Waals surface area (Å²) in [7, 11) is 1.31. The highest BCUT2D eigenvalue weighted by molar-refractivity contribution is 5.93. The Bertz CT molecular complexity index is 1460. The molecule has 2 atom stereocenters. The number of fused-ring (bicyclic) bond motifs is 1. The normalized spacial score (nSPS) is 17.3. The third kappa shape index (κ3) is 6.97. The van der Waals surface area contributed by atoms with Crippen LogP contribution in [0, 0.1) is 5.41 Å². The zero-order valence-electron chi connectivity index (χ0n) is 23.0. The van der Waals surface area contributed by atoms with Gasteiger partial charge < -0.3 is 20.3 Å². The second-order valence-corrected chi connectivity index (χ2v) is 10.6. The van der Waals surface area contributed by atoms with Gasteiger partial charge in [-0.15, -0.1) is 0 Å². The number of hydrogen-bond donors (Lipinski definition) is 2. The van der Waals surface area contributed by atoms with Gasteiger partial charge in [-0.1, -0.05) is 13.8 Å². The Balaban J connectivity index is 1.67. The van der Waals surface area contributed by atoms with E-state index in [-0.39, 0.29) is 29.9 Å². The van der Waals surface area contributed by atoms with E-state index in [0.717, 1.165) is 18.7 Å². The first-order valence-corrected chi connectivity index (χ1v) is 12.8. The zero-order chi connectivity index (χ0) is 31.7. The summed E-state index contributed by atoms with van der Waals surface area (Å²) in [5.74, 6) is -4.40. The fourth-order valence-corrected chi connectivity index (χ4v) is 4.38. The lowest BCUT2D eigenvalue weighted by Gasteiger charge is -2.38. The summed E-state index contributed by atoms with van der Waals surface area (Å²) in [5.41, 5.74) is -3.73. The molecule has 3 aromatic heterocycles. The molecule has 0 spiro atoms. The number of imidazole rings is 1. The van der Waals surface area contributed by atoms with Crippen LogP contribution in [0.4, 0.5) is 35.5 Å². The number of rotatable bonds is 11. The van der Waals surface area contributed by atoms with Crippen molar-refractivity contribution in [3.8, 4) is 0 Å². The summed E-state index contributed by atoms with van der Waals surface area (Å²) in [6, 6.07) is -1.60. The number of alkyl halides is 7. The highest BCUT2D eigenvalue weighted by atomic mass is 19.4. The Morgan fingerprint density at radius 1 is 1.26 bits per heavy atom. The minimum absolute atomic E-state index is 0.0107. The molecule has 236 valence electrons. The summed E-state index contributed by atoms with van der Waals surface area (Å²) in [6.07, 6.45) is -6.07. The van der Waals surface area contributed by atoms with Crippen molar-refractivity contribution in [3.63, 3.8) is 0 Å². The van der Waals surface area contributed by atoms with Gasteiger partial charge >= 0.3 is 12.2 Å². The maximum atomic E-state index is 14.1. The number of ether oxygens (including phenoxy) is 1. The molecule has 1 fully saturated rings. The van der Waals surface area contributed by atoms with Gasteiger partial charge in [0.15, 0.2) is 11.3 Å². The second kappa shape index (κ2) is 11.9. The van der Waals surface area contributed by atoms with Crippen molar-refractivity contribution < 1.29 is 49.7 Å². The first-order chi connectivity index (χ1) is 20.0. The van der Waals surface area contributed by atoms with Crippen molar-refractivity contribution in [3.05, 3.63) is 41.1 Å². The van der Waals surface area contributed by atoms with E-state index in [1.165, 1.54) is 30.1 Å². The number of nitrogens with one attached hydrogen (secondary N) is 2. The lowest BCUT2D eigenvalue weighted by molar-refractivity contribution is -0.214. The first kappa shape index (κ1) is 31.9. The van der Waals surface area contributed by atoms with Gasteiger partial charge in [-0.05, 0) is 29.2 Å². The Kier molecular flexibility index (Phi) is 8.85. The highest BCUT2D eigenvalue weighted by Crippen LogP contribution is 2.42. The van der Waals surface area contributed by atoms with Crippen LogP contribution in [0.3, 0.4) is 0 Å². The van der Waals surface area contributed by atoms with E-state index in [0.29, 0.717) is 0 Å². The first-order valence-electron chi connectivity index (χ1n) is 12.8. The van der Waals surface area contributed by atoms with Crippen LogP contribution in [-0.2, 0) is 4.74 Å². The fraction of sp³-hybridized carbons (Fsp3) is 0.583. The average Bonchev–Trinajstić information content (AvgIpc) is 3.58. The molecular weight excluding hydrogens is 597 g/mol. The zero-order valence-corrected chi connectivity index (χ0v) is 23.0. The summed E-state index contributed by atoms with van der Waals surface area (Å²) in [6.45, 7) is 0.0349. The average molecular weight is 625 g/mol. The van der Waals surface area contributed by atoms with Crippen LogP contribution in [0.25, 0.3) is 5.65 Å². The molecule has 4 rings (SSSR count). The summed E-state index contributed by atoms with van der Waals surface area (Å²) < 4.78 is 106. The lowest BCUT2D eigenvalue weighted by Crippen LogP contribution is -2.58. The topological polar surface area (TPSA) is 140 Å². The van der Waals surface area contributed by atoms with E-state index >= 15 is 0 Å². The van der Waals surface area contributed by atoms with Gasteiger partial charge in [-0.3, -0.25) is 4.79 Å². The van der Waals surface area contributed by atoms with Gasteiger partial charge in [0.2, 0.25) is 5.69 Å². The van der Waals surface area contributed by atoms with Crippen molar-refractivity contribution in [2.75, 3.05) is 26.8 Å². The number of urea groups is 1. The number of nitrogens with zero attached hydrogens (tertiary/aromatic N) is 6. The number of carbonyl (C=O) groups excluding carboxylic acids is 2. The van der Waals surface area contributed by atoms with Gasteiger partial charge in [0, 0.05) is 12.7 Å². The molecule has 0 saturated carbocycles. The number of carbonyl (C=O) groups is 2. The molecule has 1 aliphatic heterocycles. The van der Waals surface area contributed by atoms with Crippen molar-refractivity contribution in [1.82, 2.24) is 40.4 Å². The lowest BCUT2D eigenvalue weighted by atomic mass is 9.85. The molecule has 12 nitrogen and oxygen atoms in total. The third-order valence-corrected chi connectivity index (χ3v) is 7.03. The van der Waals surface area contributed by atoms with Crippen molar-refractivity contribution in [2.45, 2.75) is 57.3 Å². The molecule has 19 heteroatoms.